The van der Waals surface area contributed by atoms with E-state index in [1.54, 1.807) is 0 Å². The van der Waals surface area contributed by atoms with Crippen molar-refractivity contribution >= 4 is 0 Å². The summed E-state index contributed by atoms with van der Waals surface area (Å²) in [5, 5.41) is 0. The van der Waals surface area contributed by atoms with Gasteiger partial charge in [-0.1, -0.05) is 44.5 Å². The predicted molar refractivity (Wildman–Crippen MR) is 84.3 cm³/mol. The zero-order valence-corrected chi connectivity index (χ0v) is 13.3. The van der Waals surface area contributed by atoms with Crippen LogP contribution in [0.5, 0.6) is 0 Å². The molecule has 1 aromatic carbocycles. The van der Waals surface area contributed by atoms with Gasteiger partial charge in [0.05, 0.1) is 19.3 Å². The Kier molecular flexibility index (Phi) is 4.94. The van der Waals surface area contributed by atoms with Gasteiger partial charge in [0.1, 0.15) is 0 Å². The molecule has 0 spiro atoms. The molecule has 1 unspecified atom stereocenters. The summed E-state index contributed by atoms with van der Waals surface area (Å²) in [7, 11) is 0. The van der Waals surface area contributed by atoms with Gasteiger partial charge in [0.2, 0.25) is 0 Å². The quantitative estimate of drug-likeness (QED) is 0.846. The Morgan fingerprint density at radius 3 is 2.48 bits per heavy atom. The van der Waals surface area contributed by atoms with E-state index in [1.807, 2.05) is 0 Å². The third-order valence-corrected chi connectivity index (χ3v) is 4.66. The fraction of sp³-hybridized carbons (Fsp3) is 0.667. The van der Waals surface area contributed by atoms with E-state index in [0.717, 1.165) is 26.3 Å². The molecule has 3 rings (SSSR count). The Balaban J connectivity index is 1.66. The molecule has 2 saturated heterocycles. The lowest BCUT2D eigenvalue weighted by Gasteiger charge is -2.38. The Morgan fingerprint density at radius 1 is 1.10 bits per heavy atom. The second-order valence-electron chi connectivity index (χ2n) is 6.54. The van der Waals surface area contributed by atoms with Crippen LogP contribution in [0.2, 0.25) is 0 Å². The van der Waals surface area contributed by atoms with E-state index in [4.69, 9.17) is 9.47 Å². The zero-order valence-electron chi connectivity index (χ0n) is 13.3. The van der Waals surface area contributed by atoms with Crippen LogP contribution >= 0.6 is 0 Å². The minimum Gasteiger partial charge on any atom is -0.349 e. The smallest absolute Gasteiger partial charge is 0.173 e. The minimum atomic E-state index is -0.0137. The van der Waals surface area contributed by atoms with Crippen LogP contribution < -0.4 is 0 Å². The maximum atomic E-state index is 5.75. The van der Waals surface area contributed by atoms with Crippen LogP contribution in [-0.2, 0) is 16.0 Å². The summed E-state index contributed by atoms with van der Waals surface area (Å²) in [5.41, 5.74) is 2.81. The molecule has 0 N–H and O–H groups in total. The van der Waals surface area contributed by atoms with Gasteiger partial charge in [0.25, 0.3) is 0 Å². The number of ether oxygens (including phenoxy) is 2. The molecule has 2 aliphatic rings. The maximum Gasteiger partial charge on any atom is 0.173 e. The van der Waals surface area contributed by atoms with Gasteiger partial charge in [-0.2, -0.15) is 0 Å². The largest absolute Gasteiger partial charge is 0.349 e. The normalized spacial score (nSPS) is 24.8. The van der Waals surface area contributed by atoms with Crippen molar-refractivity contribution in [1.82, 2.24) is 4.90 Å². The Morgan fingerprint density at radius 2 is 1.81 bits per heavy atom. The van der Waals surface area contributed by atoms with Crippen molar-refractivity contribution in [2.75, 3.05) is 19.8 Å². The van der Waals surface area contributed by atoms with Gasteiger partial charge in [-0.3, -0.25) is 4.90 Å². The third-order valence-electron chi connectivity index (χ3n) is 4.66. The first-order valence-electron chi connectivity index (χ1n) is 8.30. The predicted octanol–water partition coefficient (Wildman–Crippen LogP) is 3.54. The molecule has 2 heterocycles. The summed E-state index contributed by atoms with van der Waals surface area (Å²) in [5.74, 6) is 0.599. The number of hydrogen-bond donors (Lipinski definition) is 0. The summed E-state index contributed by atoms with van der Waals surface area (Å²) in [6, 6.07) is 9.50. The van der Waals surface area contributed by atoms with E-state index in [2.05, 4.69) is 43.0 Å². The fourth-order valence-corrected chi connectivity index (χ4v) is 3.36. The molecular formula is C18H27NO2. The van der Waals surface area contributed by atoms with E-state index in [9.17, 15) is 0 Å². The molecule has 1 aromatic rings. The molecule has 2 fully saturated rings. The first kappa shape index (κ1) is 15.0. The summed E-state index contributed by atoms with van der Waals surface area (Å²) >= 11 is 0. The summed E-state index contributed by atoms with van der Waals surface area (Å²) in [6.45, 7) is 8.14. The van der Waals surface area contributed by atoms with Crippen molar-refractivity contribution in [2.24, 2.45) is 0 Å². The maximum absolute atomic E-state index is 5.75. The zero-order chi connectivity index (χ0) is 14.7. The molecule has 116 valence electrons. The number of hydrogen-bond acceptors (Lipinski definition) is 3. The molecule has 0 aromatic heterocycles. The second-order valence-corrected chi connectivity index (χ2v) is 6.54. The highest BCUT2D eigenvalue weighted by Crippen LogP contribution is 2.26. The van der Waals surface area contributed by atoms with Crippen molar-refractivity contribution in [3.05, 3.63) is 35.4 Å². The number of nitrogens with zero attached hydrogens (tertiary/aromatic N) is 1. The first-order chi connectivity index (χ1) is 10.2. The molecule has 1 atom stereocenters. The van der Waals surface area contributed by atoms with Gasteiger partial charge in [-0.25, -0.2) is 0 Å². The van der Waals surface area contributed by atoms with Crippen LogP contribution in [0.1, 0.15) is 50.2 Å². The molecular weight excluding hydrogens is 262 g/mol. The van der Waals surface area contributed by atoms with E-state index in [1.165, 1.54) is 30.4 Å². The second kappa shape index (κ2) is 6.91. The molecule has 3 heteroatoms. The minimum absolute atomic E-state index is 0.0137. The molecule has 0 amide bonds. The van der Waals surface area contributed by atoms with E-state index < -0.39 is 0 Å². The fourth-order valence-electron chi connectivity index (χ4n) is 3.36. The van der Waals surface area contributed by atoms with Gasteiger partial charge >= 0.3 is 0 Å². The van der Waals surface area contributed by atoms with Crippen LogP contribution in [0.15, 0.2) is 24.3 Å². The summed E-state index contributed by atoms with van der Waals surface area (Å²) < 4.78 is 11.5. The lowest BCUT2D eigenvalue weighted by atomic mass is 9.99. The lowest BCUT2D eigenvalue weighted by molar-refractivity contribution is -0.111. The van der Waals surface area contributed by atoms with Crippen LogP contribution in [0, 0.1) is 0 Å². The number of likely N-dealkylation sites (tertiary alicyclic amines) is 1. The van der Waals surface area contributed by atoms with E-state index >= 15 is 0 Å². The van der Waals surface area contributed by atoms with Crippen molar-refractivity contribution in [3.63, 3.8) is 0 Å². The van der Waals surface area contributed by atoms with Gasteiger partial charge < -0.3 is 9.47 Å². The average Bonchev–Trinajstić information content (AvgIpc) is 3.02. The average molecular weight is 289 g/mol. The topological polar surface area (TPSA) is 21.7 Å². The van der Waals surface area contributed by atoms with Crippen LogP contribution in [0.3, 0.4) is 0 Å². The molecule has 2 aliphatic heterocycles. The van der Waals surface area contributed by atoms with Crippen molar-refractivity contribution in [3.8, 4) is 0 Å². The highest BCUT2D eigenvalue weighted by atomic mass is 16.7. The number of rotatable bonds is 4. The molecule has 21 heavy (non-hydrogen) atoms. The first-order valence-corrected chi connectivity index (χ1v) is 8.30. The Bertz CT molecular complexity index is 437. The van der Waals surface area contributed by atoms with Crippen molar-refractivity contribution in [1.29, 1.82) is 0 Å². The standard InChI is InChI=1S/C18H27NO2/c1-14(2)16-8-6-15(7-9-16)13-19-10-4-3-5-17(19)18-20-11-12-21-18/h6-9,14,17-18H,3-5,10-13H2,1-2H3. The highest BCUT2D eigenvalue weighted by molar-refractivity contribution is 5.24. The Hall–Kier alpha value is -0.900. The highest BCUT2D eigenvalue weighted by Gasteiger charge is 2.33. The number of piperidine rings is 1. The molecule has 0 radical (unpaired) electrons. The van der Waals surface area contributed by atoms with Gasteiger partial charge in [-0.15, -0.1) is 0 Å². The molecule has 3 nitrogen and oxygen atoms in total. The van der Waals surface area contributed by atoms with Gasteiger partial charge in [0.15, 0.2) is 6.29 Å². The third kappa shape index (κ3) is 3.65. The summed E-state index contributed by atoms with van der Waals surface area (Å²) in [4.78, 5) is 2.55. The summed E-state index contributed by atoms with van der Waals surface area (Å²) in [6.07, 6.45) is 3.75. The monoisotopic (exact) mass is 289 g/mol. The van der Waals surface area contributed by atoms with E-state index in [0.29, 0.717) is 12.0 Å². The van der Waals surface area contributed by atoms with Crippen LogP contribution in [0.4, 0.5) is 0 Å². The van der Waals surface area contributed by atoms with Crippen LogP contribution in [-0.4, -0.2) is 37.0 Å². The van der Waals surface area contributed by atoms with Crippen LogP contribution in [0.25, 0.3) is 0 Å². The lowest BCUT2D eigenvalue weighted by Crippen LogP contribution is -2.46. The molecule has 0 saturated carbocycles. The van der Waals surface area contributed by atoms with Gasteiger partial charge in [-0.05, 0) is 36.4 Å². The Labute approximate surface area is 128 Å². The van der Waals surface area contributed by atoms with Gasteiger partial charge in [0, 0.05) is 6.54 Å². The molecule has 0 aliphatic carbocycles. The number of benzene rings is 1. The van der Waals surface area contributed by atoms with Crippen molar-refractivity contribution < 1.29 is 9.47 Å². The van der Waals surface area contributed by atoms with Crippen molar-refractivity contribution in [2.45, 2.75) is 57.9 Å². The molecule has 0 bridgehead atoms. The SMILES string of the molecule is CC(C)c1ccc(CN2CCCCC2C2OCCO2)cc1. The van der Waals surface area contributed by atoms with E-state index in [-0.39, 0.29) is 6.29 Å².